The second kappa shape index (κ2) is 6.49. The minimum absolute atomic E-state index is 0.0157. The lowest BCUT2D eigenvalue weighted by molar-refractivity contribution is 0.0175. The van der Waals surface area contributed by atoms with Crippen molar-refractivity contribution in [3.63, 3.8) is 0 Å². The molecule has 1 saturated carbocycles. The summed E-state index contributed by atoms with van der Waals surface area (Å²) in [5.74, 6) is -2.41. The summed E-state index contributed by atoms with van der Waals surface area (Å²) in [6, 6.07) is 11.9. The van der Waals surface area contributed by atoms with E-state index >= 15 is 0 Å². The van der Waals surface area contributed by atoms with Gasteiger partial charge in [0.15, 0.2) is 0 Å². The Morgan fingerprint density at radius 3 is 2.15 bits per heavy atom. The third-order valence-electron chi connectivity index (χ3n) is 5.10. The lowest BCUT2D eigenvalue weighted by Crippen LogP contribution is -2.45. The Balaban J connectivity index is 1.86. The summed E-state index contributed by atoms with van der Waals surface area (Å²) in [7, 11) is 0. The summed E-state index contributed by atoms with van der Waals surface area (Å²) in [6.07, 6.45) is 2.31. The van der Waals surface area contributed by atoms with Crippen molar-refractivity contribution >= 4 is 5.91 Å². The molecule has 1 aliphatic carbocycles. The Morgan fingerprint density at radius 2 is 1.62 bits per heavy atom. The molecule has 138 valence electrons. The van der Waals surface area contributed by atoms with Gasteiger partial charge in [0.2, 0.25) is 0 Å². The van der Waals surface area contributed by atoms with Gasteiger partial charge in [-0.05, 0) is 68.4 Å². The number of carbonyl (C=O) groups excluding carboxylic acids is 1. The van der Waals surface area contributed by atoms with E-state index in [1.54, 1.807) is 12.1 Å². The topological polar surface area (TPSA) is 29.1 Å². The number of amides is 1. The monoisotopic (exact) mass is 357 g/mol. The Kier molecular flexibility index (Phi) is 4.63. The van der Waals surface area contributed by atoms with E-state index in [1.807, 2.05) is 25.1 Å². The van der Waals surface area contributed by atoms with Gasteiger partial charge < -0.3 is 5.32 Å². The fourth-order valence-corrected chi connectivity index (χ4v) is 3.31. The molecule has 0 atom stereocenters. The standard InChI is InChI=1S/C22H25F2NO/c1-14-11-16(15-5-7-19(8-6-15)22(4,23)24)13-17(12-14)20(26)25-21(2,3)18-9-10-18/h5-8,11-13,18H,9-10H2,1-4H3,(H,25,26). The molecule has 1 fully saturated rings. The number of benzene rings is 2. The van der Waals surface area contributed by atoms with Gasteiger partial charge >= 0.3 is 0 Å². The van der Waals surface area contributed by atoms with E-state index in [0.29, 0.717) is 11.5 Å². The largest absolute Gasteiger partial charge is 0.347 e. The van der Waals surface area contributed by atoms with Crippen molar-refractivity contribution in [3.05, 3.63) is 59.2 Å². The molecule has 1 amide bonds. The number of hydrogen-bond acceptors (Lipinski definition) is 1. The zero-order valence-corrected chi connectivity index (χ0v) is 15.7. The highest BCUT2D eigenvalue weighted by molar-refractivity contribution is 5.96. The summed E-state index contributed by atoms with van der Waals surface area (Å²) in [5.41, 5.74) is 3.00. The van der Waals surface area contributed by atoms with Gasteiger partial charge in [-0.2, -0.15) is 0 Å². The molecule has 2 aromatic rings. The highest BCUT2D eigenvalue weighted by atomic mass is 19.3. The second-order valence-electron chi connectivity index (χ2n) is 8.00. The van der Waals surface area contributed by atoms with Crippen molar-refractivity contribution in [2.45, 2.75) is 52.0 Å². The van der Waals surface area contributed by atoms with E-state index in [-0.39, 0.29) is 17.0 Å². The molecule has 0 radical (unpaired) electrons. The average molecular weight is 357 g/mol. The van der Waals surface area contributed by atoms with Crippen LogP contribution in [0.2, 0.25) is 0 Å². The first-order valence-corrected chi connectivity index (χ1v) is 8.99. The molecule has 4 heteroatoms. The smallest absolute Gasteiger partial charge is 0.270 e. The van der Waals surface area contributed by atoms with Crippen LogP contribution in [0, 0.1) is 12.8 Å². The van der Waals surface area contributed by atoms with Crippen LogP contribution in [-0.4, -0.2) is 11.4 Å². The van der Waals surface area contributed by atoms with Crippen LogP contribution in [0.3, 0.4) is 0 Å². The predicted molar refractivity (Wildman–Crippen MR) is 100 cm³/mol. The second-order valence-corrected chi connectivity index (χ2v) is 8.00. The van der Waals surface area contributed by atoms with Crippen molar-refractivity contribution < 1.29 is 13.6 Å². The number of carbonyl (C=O) groups is 1. The molecule has 0 unspecified atom stereocenters. The van der Waals surface area contributed by atoms with Crippen LogP contribution in [0.1, 0.15) is 55.1 Å². The SMILES string of the molecule is Cc1cc(C(=O)NC(C)(C)C2CC2)cc(-c2ccc(C(C)(F)F)cc2)c1. The van der Waals surface area contributed by atoms with Gasteiger partial charge in [-0.3, -0.25) is 4.79 Å². The minimum Gasteiger partial charge on any atom is -0.347 e. The molecule has 0 aliphatic heterocycles. The molecule has 0 saturated heterocycles. The van der Waals surface area contributed by atoms with Gasteiger partial charge in [-0.15, -0.1) is 0 Å². The van der Waals surface area contributed by atoms with Gasteiger partial charge in [0, 0.05) is 23.6 Å². The molecule has 0 heterocycles. The van der Waals surface area contributed by atoms with Crippen LogP contribution in [0.15, 0.2) is 42.5 Å². The first kappa shape index (κ1) is 18.6. The van der Waals surface area contributed by atoms with Crippen molar-refractivity contribution in [1.29, 1.82) is 0 Å². The van der Waals surface area contributed by atoms with E-state index < -0.39 is 5.92 Å². The maximum absolute atomic E-state index is 13.4. The normalized spacial score (nSPS) is 15.0. The van der Waals surface area contributed by atoms with Gasteiger partial charge in [0.25, 0.3) is 11.8 Å². The lowest BCUT2D eigenvalue weighted by Gasteiger charge is -2.26. The molecule has 0 spiro atoms. The molecule has 1 N–H and O–H groups in total. The number of aryl methyl sites for hydroxylation is 1. The van der Waals surface area contributed by atoms with Crippen LogP contribution in [0.4, 0.5) is 8.78 Å². The Morgan fingerprint density at radius 1 is 1.00 bits per heavy atom. The quantitative estimate of drug-likeness (QED) is 0.731. The Bertz CT molecular complexity index is 815. The van der Waals surface area contributed by atoms with Crippen molar-refractivity contribution in [1.82, 2.24) is 5.32 Å². The van der Waals surface area contributed by atoms with E-state index in [4.69, 9.17) is 0 Å². The summed E-state index contributed by atoms with van der Waals surface area (Å²) >= 11 is 0. The van der Waals surface area contributed by atoms with Gasteiger partial charge in [0.1, 0.15) is 0 Å². The molecular formula is C22H25F2NO. The van der Waals surface area contributed by atoms with Crippen LogP contribution in [-0.2, 0) is 5.92 Å². The highest BCUT2D eigenvalue weighted by Crippen LogP contribution is 2.39. The number of rotatable bonds is 5. The molecule has 2 nitrogen and oxygen atoms in total. The van der Waals surface area contributed by atoms with Crippen molar-refractivity contribution in [2.75, 3.05) is 0 Å². The van der Waals surface area contributed by atoms with Gasteiger partial charge in [-0.25, -0.2) is 8.78 Å². The third kappa shape index (κ3) is 4.12. The molecule has 0 aromatic heterocycles. The maximum Gasteiger partial charge on any atom is 0.270 e. The number of nitrogens with one attached hydrogen (secondary N) is 1. The minimum atomic E-state index is -2.86. The molecule has 1 aliphatic rings. The summed E-state index contributed by atoms with van der Waals surface area (Å²) in [4.78, 5) is 12.7. The van der Waals surface area contributed by atoms with Gasteiger partial charge in [0.05, 0.1) is 0 Å². The zero-order chi connectivity index (χ0) is 19.1. The van der Waals surface area contributed by atoms with Crippen LogP contribution < -0.4 is 5.32 Å². The van der Waals surface area contributed by atoms with E-state index in [0.717, 1.165) is 36.5 Å². The zero-order valence-electron chi connectivity index (χ0n) is 15.7. The molecule has 26 heavy (non-hydrogen) atoms. The van der Waals surface area contributed by atoms with Crippen LogP contribution in [0.5, 0.6) is 0 Å². The summed E-state index contributed by atoms with van der Waals surface area (Å²) in [6.45, 7) is 6.94. The molecule has 3 rings (SSSR count). The number of alkyl halides is 2. The fraction of sp³-hybridized carbons (Fsp3) is 0.409. The van der Waals surface area contributed by atoms with Gasteiger partial charge in [-0.1, -0.05) is 30.3 Å². The molecule has 2 aromatic carbocycles. The molecule has 0 bridgehead atoms. The van der Waals surface area contributed by atoms with Crippen LogP contribution >= 0.6 is 0 Å². The maximum atomic E-state index is 13.4. The van der Waals surface area contributed by atoms with Crippen molar-refractivity contribution in [2.24, 2.45) is 5.92 Å². The summed E-state index contributed by atoms with van der Waals surface area (Å²) in [5, 5.41) is 3.13. The van der Waals surface area contributed by atoms with E-state index in [9.17, 15) is 13.6 Å². The lowest BCUT2D eigenvalue weighted by atomic mass is 9.96. The van der Waals surface area contributed by atoms with E-state index in [1.165, 1.54) is 12.1 Å². The Labute approximate surface area is 153 Å². The molecular weight excluding hydrogens is 332 g/mol. The first-order chi connectivity index (χ1) is 12.1. The third-order valence-corrected chi connectivity index (χ3v) is 5.10. The number of halogens is 2. The van der Waals surface area contributed by atoms with E-state index in [2.05, 4.69) is 19.2 Å². The van der Waals surface area contributed by atoms with Crippen LogP contribution in [0.25, 0.3) is 11.1 Å². The number of hydrogen-bond donors (Lipinski definition) is 1. The first-order valence-electron chi connectivity index (χ1n) is 8.99. The fourth-order valence-electron chi connectivity index (χ4n) is 3.31. The highest BCUT2D eigenvalue weighted by Gasteiger charge is 2.38. The average Bonchev–Trinajstić information content (AvgIpc) is 3.38. The predicted octanol–water partition coefficient (Wildman–Crippen LogP) is 5.69. The summed E-state index contributed by atoms with van der Waals surface area (Å²) < 4.78 is 26.8. The van der Waals surface area contributed by atoms with Crippen molar-refractivity contribution in [3.8, 4) is 11.1 Å². The Hall–Kier alpha value is -2.23.